The number of rotatable bonds is 5. The normalized spacial score (nSPS) is 18.7. The number of carbonyl (C=O) groups excluding carboxylic acids is 2. The number of imide groups is 1. The number of hydrogen-bond acceptors (Lipinski definition) is 6. The number of hydrogen-bond donors (Lipinski definition) is 0. The fraction of sp³-hybridized carbons (Fsp3) is 0.263. The summed E-state index contributed by atoms with van der Waals surface area (Å²) in [5, 5.41) is 10.7. The minimum absolute atomic E-state index is 0.0400. The standard InChI is InChI=1S/C19H16N2O6/c22-18-16-8-7-14(27-13-5-3-12(4-6-13)21(24)25)10-17(16)19(23)20(18)11-15-2-1-9-26-15/h3-8,10,15H,1-2,9,11H2/t15-/m0/s1. The summed E-state index contributed by atoms with van der Waals surface area (Å²) in [6.07, 6.45) is 1.66. The predicted octanol–water partition coefficient (Wildman–Crippen LogP) is 3.16. The molecule has 1 fully saturated rings. The number of benzene rings is 2. The number of nitro groups is 1. The van der Waals surface area contributed by atoms with Crippen LogP contribution in [0.2, 0.25) is 0 Å². The molecule has 8 nitrogen and oxygen atoms in total. The summed E-state index contributed by atoms with van der Waals surface area (Å²) in [7, 11) is 0. The molecule has 0 aromatic heterocycles. The molecule has 27 heavy (non-hydrogen) atoms. The summed E-state index contributed by atoms with van der Waals surface area (Å²) >= 11 is 0. The monoisotopic (exact) mass is 368 g/mol. The van der Waals surface area contributed by atoms with Crippen LogP contribution in [0.15, 0.2) is 42.5 Å². The first-order chi connectivity index (χ1) is 13.0. The first-order valence-electron chi connectivity index (χ1n) is 8.57. The van der Waals surface area contributed by atoms with Gasteiger partial charge in [-0.1, -0.05) is 0 Å². The number of fused-ring (bicyclic) bond motifs is 1. The Balaban J connectivity index is 1.52. The predicted molar refractivity (Wildman–Crippen MR) is 94.0 cm³/mol. The Morgan fingerprint density at radius 2 is 1.78 bits per heavy atom. The molecular weight excluding hydrogens is 352 g/mol. The van der Waals surface area contributed by atoms with Crippen molar-refractivity contribution >= 4 is 17.5 Å². The van der Waals surface area contributed by atoms with E-state index in [9.17, 15) is 19.7 Å². The second-order valence-corrected chi connectivity index (χ2v) is 6.42. The van der Waals surface area contributed by atoms with Gasteiger partial charge in [0.2, 0.25) is 0 Å². The maximum atomic E-state index is 12.6. The van der Waals surface area contributed by atoms with Gasteiger partial charge < -0.3 is 9.47 Å². The van der Waals surface area contributed by atoms with E-state index in [2.05, 4.69) is 0 Å². The van der Waals surface area contributed by atoms with E-state index in [0.29, 0.717) is 23.7 Å². The van der Waals surface area contributed by atoms with Crippen molar-refractivity contribution in [2.75, 3.05) is 13.2 Å². The third-order valence-corrected chi connectivity index (χ3v) is 4.64. The van der Waals surface area contributed by atoms with Crippen LogP contribution >= 0.6 is 0 Å². The molecule has 2 heterocycles. The Morgan fingerprint density at radius 1 is 1.07 bits per heavy atom. The van der Waals surface area contributed by atoms with Crippen molar-refractivity contribution in [1.82, 2.24) is 4.90 Å². The first kappa shape index (κ1) is 17.2. The highest BCUT2D eigenvalue weighted by atomic mass is 16.6. The summed E-state index contributed by atoms with van der Waals surface area (Å²) in [6, 6.07) is 10.3. The molecule has 0 unspecified atom stereocenters. The summed E-state index contributed by atoms with van der Waals surface area (Å²) < 4.78 is 11.2. The molecule has 0 N–H and O–H groups in total. The van der Waals surface area contributed by atoms with E-state index < -0.39 is 4.92 Å². The summed E-state index contributed by atoms with van der Waals surface area (Å²) in [6.45, 7) is 0.909. The highest BCUT2D eigenvalue weighted by molar-refractivity contribution is 6.21. The molecule has 0 bridgehead atoms. The van der Waals surface area contributed by atoms with Crippen LogP contribution in [0.3, 0.4) is 0 Å². The third kappa shape index (κ3) is 3.26. The number of amides is 2. The van der Waals surface area contributed by atoms with Crippen molar-refractivity contribution in [3.05, 3.63) is 63.7 Å². The summed E-state index contributed by atoms with van der Waals surface area (Å²) in [4.78, 5) is 36.6. The highest BCUT2D eigenvalue weighted by Crippen LogP contribution is 2.31. The van der Waals surface area contributed by atoms with Gasteiger partial charge in [0.15, 0.2) is 0 Å². The maximum absolute atomic E-state index is 12.6. The Hall–Kier alpha value is -3.26. The van der Waals surface area contributed by atoms with Crippen molar-refractivity contribution in [3.8, 4) is 11.5 Å². The van der Waals surface area contributed by atoms with E-state index in [-0.39, 0.29) is 35.7 Å². The zero-order valence-electron chi connectivity index (χ0n) is 14.3. The number of ether oxygens (including phenoxy) is 2. The van der Waals surface area contributed by atoms with E-state index in [1.165, 1.54) is 35.2 Å². The van der Waals surface area contributed by atoms with E-state index in [1.807, 2.05) is 0 Å². The summed E-state index contributed by atoms with van der Waals surface area (Å²) in [5.74, 6) is 0.0864. The molecule has 138 valence electrons. The SMILES string of the molecule is O=C1c2ccc(Oc3ccc([N+](=O)[O-])cc3)cc2C(=O)N1C[C@@H]1CCCO1. The second-order valence-electron chi connectivity index (χ2n) is 6.42. The van der Waals surface area contributed by atoms with Crippen molar-refractivity contribution < 1.29 is 24.0 Å². The van der Waals surface area contributed by atoms with Crippen molar-refractivity contribution in [3.63, 3.8) is 0 Å². The minimum Gasteiger partial charge on any atom is -0.457 e. The van der Waals surface area contributed by atoms with Crippen LogP contribution in [0.4, 0.5) is 5.69 Å². The molecule has 2 amide bonds. The van der Waals surface area contributed by atoms with Gasteiger partial charge in [0.1, 0.15) is 11.5 Å². The van der Waals surface area contributed by atoms with Crippen LogP contribution in [0.1, 0.15) is 33.6 Å². The van der Waals surface area contributed by atoms with Crippen LogP contribution in [0.5, 0.6) is 11.5 Å². The van der Waals surface area contributed by atoms with Gasteiger partial charge in [0, 0.05) is 18.7 Å². The molecule has 0 radical (unpaired) electrons. The van der Waals surface area contributed by atoms with E-state index in [1.54, 1.807) is 12.1 Å². The maximum Gasteiger partial charge on any atom is 0.269 e. The van der Waals surface area contributed by atoms with Crippen LogP contribution in [-0.2, 0) is 4.74 Å². The molecule has 1 atom stereocenters. The zero-order chi connectivity index (χ0) is 19.0. The Labute approximate surface area is 154 Å². The van der Waals surface area contributed by atoms with Crippen molar-refractivity contribution in [1.29, 1.82) is 0 Å². The average molecular weight is 368 g/mol. The largest absolute Gasteiger partial charge is 0.457 e. The van der Waals surface area contributed by atoms with Crippen LogP contribution < -0.4 is 4.74 Å². The molecule has 2 aromatic carbocycles. The molecule has 0 spiro atoms. The first-order valence-corrected chi connectivity index (χ1v) is 8.57. The van der Waals surface area contributed by atoms with E-state index >= 15 is 0 Å². The second kappa shape index (κ2) is 6.81. The van der Waals surface area contributed by atoms with Gasteiger partial charge >= 0.3 is 0 Å². The third-order valence-electron chi connectivity index (χ3n) is 4.64. The topological polar surface area (TPSA) is 99.0 Å². The zero-order valence-corrected chi connectivity index (χ0v) is 14.3. The molecule has 4 rings (SSSR count). The number of carbonyl (C=O) groups is 2. The molecule has 8 heteroatoms. The molecular formula is C19H16N2O6. The lowest BCUT2D eigenvalue weighted by molar-refractivity contribution is -0.384. The lowest BCUT2D eigenvalue weighted by Gasteiger charge is -2.17. The summed E-state index contributed by atoms with van der Waals surface area (Å²) in [5.41, 5.74) is 0.591. The number of nitro benzene ring substituents is 1. The van der Waals surface area contributed by atoms with Gasteiger partial charge in [-0.3, -0.25) is 24.6 Å². The van der Waals surface area contributed by atoms with Gasteiger partial charge in [-0.25, -0.2) is 0 Å². The van der Waals surface area contributed by atoms with Crippen LogP contribution in [-0.4, -0.2) is 40.9 Å². The lowest BCUT2D eigenvalue weighted by Crippen LogP contribution is -2.36. The van der Waals surface area contributed by atoms with Gasteiger partial charge in [-0.15, -0.1) is 0 Å². The van der Waals surface area contributed by atoms with Crippen LogP contribution in [0, 0.1) is 10.1 Å². The van der Waals surface area contributed by atoms with Gasteiger partial charge in [0.05, 0.1) is 28.7 Å². The fourth-order valence-corrected chi connectivity index (χ4v) is 3.26. The number of non-ortho nitro benzene ring substituents is 1. The Kier molecular flexibility index (Phi) is 4.33. The lowest BCUT2D eigenvalue weighted by atomic mass is 10.1. The molecule has 2 aliphatic rings. The van der Waals surface area contributed by atoms with E-state index in [0.717, 1.165) is 12.8 Å². The van der Waals surface area contributed by atoms with Crippen molar-refractivity contribution in [2.24, 2.45) is 0 Å². The van der Waals surface area contributed by atoms with Gasteiger partial charge in [-0.05, 0) is 43.2 Å². The Bertz CT molecular complexity index is 918. The van der Waals surface area contributed by atoms with E-state index in [4.69, 9.17) is 9.47 Å². The quantitative estimate of drug-likeness (QED) is 0.457. The smallest absolute Gasteiger partial charge is 0.269 e. The molecule has 0 aliphatic carbocycles. The minimum atomic E-state index is -0.494. The molecule has 2 aliphatic heterocycles. The van der Waals surface area contributed by atoms with Gasteiger partial charge in [-0.2, -0.15) is 0 Å². The highest BCUT2D eigenvalue weighted by Gasteiger charge is 2.37. The van der Waals surface area contributed by atoms with Crippen molar-refractivity contribution in [2.45, 2.75) is 18.9 Å². The molecule has 1 saturated heterocycles. The Morgan fingerprint density at radius 3 is 2.44 bits per heavy atom. The fourth-order valence-electron chi connectivity index (χ4n) is 3.26. The average Bonchev–Trinajstić information content (AvgIpc) is 3.25. The number of nitrogens with zero attached hydrogens (tertiary/aromatic N) is 2. The molecule has 0 saturated carbocycles. The van der Waals surface area contributed by atoms with Gasteiger partial charge in [0.25, 0.3) is 17.5 Å². The molecule has 2 aromatic rings. The van der Waals surface area contributed by atoms with Crippen LogP contribution in [0.25, 0.3) is 0 Å².